The lowest BCUT2D eigenvalue weighted by atomic mass is 9.95. The van der Waals surface area contributed by atoms with Crippen LogP contribution in [0, 0.1) is 5.92 Å². The van der Waals surface area contributed by atoms with Gasteiger partial charge in [0.25, 0.3) is 5.91 Å². The molecule has 0 saturated carbocycles. The quantitative estimate of drug-likeness (QED) is 0.295. The Hall–Kier alpha value is -3.39. The Morgan fingerprint density at radius 2 is 1.82 bits per heavy atom. The van der Waals surface area contributed by atoms with E-state index in [1.54, 1.807) is 0 Å². The number of anilines is 1. The van der Waals surface area contributed by atoms with Crippen LogP contribution in [0.25, 0.3) is 22.2 Å². The molecule has 1 atom stereocenters. The fraction of sp³-hybridized carbons (Fsp3) is 0.375. The van der Waals surface area contributed by atoms with Crippen LogP contribution < -0.4 is 10.2 Å². The number of amides is 1. The normalized spacial score (nSPS) is 17.6. The van der Waals surface area contributed by atoms with Crippen LogP contribution in [0.5, 0.6) is 0 Å². The van der Waals surface area contributed by atoms with E-state index >= 15 is 0 Å². The first-order valence-corrected chi connectivity index (χ1v) is 14.6. The van der Waals surface area contributed by atoms with Crippen molar-refractivity contribution in [2.24, 2.45) is 5.92 Å². The van der Waals surface area contributed by atoms with Crippen LogP contribution in [-0.4, -0.2) is 66.4 Å². The maximum Gasteiger partial charge on any atom is 0.251 e. The van der Waals surface area contributed by atoms with E-state index in [1.807, 2.05) is 42.5 Å². The molecule has 0 spiro atoms. The minimum Gasteiger partial charge on any atom is -0.378 e. The Kier molecular flexibility index (Phi) is 7.78. The average Bonchev–Trinajstić information content (AvgIpc) is 3.21. The maximum absolute atomic E-state index is 13.4. The van der Waals surface area contributed by atoms with E-state index in [4.69, 9.17) is 16.3 Å². The minimum absolute atomic E-state index is 0.133. The molecule has 2 aliphatic rings. The highest BCUT2D eigenvalue weighted by Crippen LogP contribution is 2.31. The Bertz CT molecular complexity index is 1480. The van der Waals surface area contributed by atoms with Crippen LogP contribution in [0.3, 0.4) is 0 Å². The molecule has 2 fully saturated rings. The highest BCUT2D eigenvalue weighted by Gasteiger charge is 2.27. The Morgan fingerprint density at radius 3 is 2.55 bits per heavy atom. The fourth-order valence-electron chi connectivity index (χ4n) is 5.76. The van der Waals surface area contributed by atoms with Gasteiger partial charge in [-0.3, -0.25) is 14.8 Å². The number of H-pyrrole nitrogens is 1. The van der Waals surface area contributed by atoms with Gasteiger partial charge in [0.15, 0.2) is 0 Å². The number of halogens is 1. The van der Waals surface area contributed by atoms with Crippen molar-refractivity contribution in [3.8, 4) is 11.3 Å². The molecule has 208 valence electrons. The highest BCUT2D eigenvalue weighted by atomic mass is 35.5. The van der Waals surface area contributed by atoms with Gasteiger partial charge < -0.3 is 15.0 Å². The van der Waals surface area contributed by atoms with Crippen LogP contribution in [-0.2, 0) is 4.74 Å². The summed E-state index contributed by atoms with van der Waals surface area (Å²) in [5.74, 6) is 0.0433. The van der Waals surface area contributed by atoms with Gasteiger partial charge in [-0.05, 0) is 54.3 Å². The van der Waals surface area contributed by atoms with Gasteiger partial charge in [0.2, 0.25) is 0 Å². The summed E-state index contributed by atoms with van der Waals surface area (Å²) in [6, 6.07) is 22.4. The zero-order chi connectivity index (χ0) is 27.6. The lowest BCUT2D eigenvalue weighted by Crippen LogP contribution is -2.50. The summed E-state index contributed by atoms with van der Waals surface area (Å²) in [7, 11) is 0. The maximum atomic E-state index is 13.4. The number of aromatic nitrogens is 2. The van der Waals surface area contributed by atoms with Gasteiger partial charge in [0.05, 0.1) is 36.5 Å². The molecule has 4 aromatic rings. The second-order valence-electron chi connectivity index (χ2n) is 11.2. The molecule has 1 unspecified atom stereocenters. The number of aromatic amines is 1. The molecule has 8 heteroatoms. The lowest BCUT2D eigenvalue weighted by Gasteiger charge is -2.36. The number of ether oxygens (including phenoxy) is 1. The third kappa shape index (κ3) is 5.46. The third-order valence-electron chi connectivity index (χ3n) is 8.19. The number of hydrogen-bond acceptors (Lipinski definition) is 5. The number of fused-ring (bicyclic) bond motifs is 1. The summed E-state index contributed by atoms with van der Waals surface area (Å²) >= 11 is 6.47. The van der Waals surface area contributed by atoms with Crippen molar-refractivity contribution in [1.29, 1.82) is 0 Å². The van der Waals surface area contributed by atoms with E-state index in [0.29, 0.717) is 16.6 Å². The van der Waals surface area contributed by atoms with Crippen LogP contribution in [0.1, 0.15) is 42.2 Å². The first-order chi connectivity index (χ1) is 19.5. The molecule has 3 aromatic carbocycles. The van der Waals surface area contributed by atoms with Crippen LogP contribution in [0.2, 0.25) is 5.02 Å². The number of rotatable bonds is 7. The number of carbonyl (C=O) groups is 1. The van der Waals surface area contributed by atoms with Gasteiger partial charge in [-0.1, -0.05) is 55.8 Å². The third-order valence-corrected chi connectivity index (χ3v) is 8.54. The molecule has 2 saturated heterocycles. The summed E-state index contributed by atoms with van der Waals surface area (Å²) in [5, 5.41) is 12.5. The first-order valence-electron chi connectivity index (χ1n) is 14.2. The van der Waals surface area contributed by atoms with E-state index in [-0.39, 0.29) is 17.9 Å². The highest BCUT2D eigenvalue weighted by molar-refractivity contribution is 6.31. The number of nitrogens with zero attached hydrogens (tertiary/aromatic N) is 3. The zero-order valence-electron chi connectivity index (χ0n) is 23.1. The van der Waals surface area contributed by atoms with Gasteiger partial charge in [0.1, 0.15) is 0 Å². The van der Waals surface area contributed by atoms with Gasteiger partial charge in [-0.15, -0.1) is 0 Å². The van der Waals surface area contributed by atoms with E-state index < -0.39 is 0 Å². The molecule has 7 nitrogen and oxygen atoms in total. The van der Waals surface area contributed by atoms with Gasteiger partial charge >= 0.3 is 0 Å². The minimum atomic E-state index is -0.193. The van der Waals surface area contributed by atoms with Crippen LogP contribution in [0.4, 0.5) is 5.69 Å². The second-order valence-corrected chi connectivity index (χ2v) is 11.6. The van der Waals surface area contributed by atoms with Crippen molar-refractivity contribution >= 4 is 34.1 Å². The smallest absolute Gasteiger partial charge is 0.251 e. The number of carbonyl (C=O) groups excluding carboxylic acids is 1. The molecule has 6 rings (SSSR count). The van der Waals surface area contributed by atoms with E-state index in [0.717, 1.165) is 73.5 Å². The molecule has 2 N–H and O–H groups in total. The monoisotopic (exact) mass is 557 g/mol. The molecule has 2 aliphatic heterocycles. The molecule has 1 amide bonds. The van der Waals surface area contributed by atoms with Crippen LogP contribution in [0.15, 0.2) is 66.7 Å². The average molecular weight is 558 g/mol. The predicted molar refractivity (Wildman–Crippen MR) is 161 cm³/mol. The SMILES string of the molecule is CC(C)C(NC(=O)c1ccc2[nH]nc(-c3ccc(N4CCCN(C5COC5)CC4)cc3)c2c1)c1ccccc1Cl. The van der Waals surface area contributed by atoms with Gasteiger partial charge in [0, 0.05) is 53.4 Å². The molecular weight excluding hydrogens is 522 g/mol. The number of nitrogens with one attached hydrogen (secondary N) is 2. The van der Waals surface area contributed by atoms with Crippen LogP contribution >= 0.6 is 11.6 Å². The molecule has 3 heterocycles. The summed E-state index contributed by atoms with van der Waals surface area (Å²) < 4.78 is 5.40. The topological polar surface area (TPSA) is 73.5 Å². The molecule has 1 aromatic heterocycles. The Labute approximate surface area is 240 Å². The summed E-state index contributed by atoms with van der Waals surface area (Å²) in [4.78, 5) is 18.4. The lowest BCUT2D eigenvalue weighted by molar-refractivity contribution is -0.0625. The van der Waals surface area contributed by atoms with E-state index in [9.17, 15) is 4.79 Å². The zero-order valence-corrected chi connectivity index (χ0v) is 23.8. The summed E-state index contributed by atoms with van der Waals surface area (Å²) in [6.07, 6.45) is 1.15. The number of hydrogen-bond donors (Lipinski definition) is 2. The molecule has 40 heavy (non-hydrogen) atoms. The molecular formula is C32H36ClN5O2. The Balaban J connectivity index is 1.19. The van der Waals surface area contributed by atoms with Crippen molar-refractivity contribution in [1.82, 2.24) is 20.4 Å². The largest absolute Gasteiger partial charge is 0.378 e. The van der Waals surface area contributed by atoms with E-state index in [2.05, 4.69) is 63.4 Å². The fourth-order valence-corrected chi connectivity index (χ4v) is 6.01. The molecule has 0 bridgehead atoms. The summed E-state index contributed by atoms with van der Waals surface area (Å²) in [5.41, 5.74) is 5.51. The predicted octanol–water partition coefficient (Wildman–Crippen LogP) is 5.92. The standard InChI is InChI=1S/C32H36ClN5O2/c1-21(2)30(26-6-3-4-7-28(26)33)34-32(39)23-10-13-29-27(18-23)31(36-35-29)22-8-11-24(12-9-22)37-14-5-15-38(17-16-37)25-19-40-20-25/h3-4,6-13,18,21,25,30H,5,14-17,19-20H2,1-2H3,(H,34,39)(H,35,36). The van der Waals surface area contributed by atoms with Crippen molar-refractivity contribution in [3.05, 3.63) is 82.9 Å². The second kappa shape index (κ2) is 11.6. The van der Waals surface area contributed by atoms with Crippen molar-refractivity contribution in [3.63, 3.8) is 0 Å². The van der Waals surface area contributed by atoms with Crippen molar-refractivity contribution < 1.29 is 9.53 Å². The number of benzene rings is 3. The Morgan fingerprint density at radius 1 is 1.02 bits per heavy atom. The molecule has 0 aliphatic carbocycles. The van der Waals surface area contributed by atoms with Gasteiger partial charge in [-0.2, -0.15) is 5.10 Å². The first kappa shape index (κ1) is 26.8. The van der Waals surface area contributed by atoms with Gasteiger partial charge in [-0.25, -0.2) is 0 Å². The van der Waals surface area contributed by atoms with Crippen molar-refractivity contribution in [2.75, 3.05) is 44.3 Å². The molecule has 0 radical (unpaired) electrons. The summed E-state index contributed by atoms with van der Waals surface area (Å²) in [6.45, 7) is 10.2. The van der Waals surface area contributed by atoms with Crippen molar-refractivity contribution in [2.45, 2.75) is 32.4 Å². The van der Waals surface area contributed by atoms with E-state index in [1.165, 1.54) is 5.69 Å².